The Morgan fingerprint density at radius 1 is 1.22 bits per heavy atom. The van der Waals surface area contributed by atoms with E-state index in [-0.39, 0.29) is 22.9 Å². The predicted octanol–water partition coefficient (Wildman–Crippen LogP) is 2.18. The van der Waals surface area contributed by atoms with E-state index in [2.05, 4.69) is 14.5 Å². The minimum absolute atomic E-state index is 0.0516. The van der Waals surface area contributed by atoms with Gasteiger partial charge in [-0.25, -0.2) is 4.79 Å². The van der Waals surface area contributed by atoms with Crippen molar-refractivity contribution in [1.29, 1.82) is 0 Å². The number of esters is 3. The summed E-state index contributed by atoms with van der Waals surface area (Å²) in [5, 5.41) is 0.0516. The highest BCUT2D eigenvalue weighted by atomic mass is 35.5. The van der Waals surface area contributed by atoms with Crippen LogP contribution in [0.3, 0.4) is 0 Å². The Hall–Kier alpha value is -2.41. The largest absolute Gasteiger partial charge is 0.468 e. The summed E-state index contributed by atoms with van der Waals surface area (Å²) in [6.45, 7) is 1.88. The maximum absolute atomic E-state index is 11.8. The topological polar surface area (TPSA) is 91.3 Å². The average molecular weight is 342 g/mol. The van der Waals surface area contributed by atoms with Gasteiger partial charge in [-0.05, 0) is 19.1 Å². The first-order valence-electron chi connectivity index (χ1n) is 6.61. The van der Waals surface area contributed by atoms with Crippen molar-refractivity contribution >= 4 is 41.4 Å². The number of rotatable bonds is 6. The summed E-state index contributed by atoms with van der Waals surface area (Å²) in [7, 11) is 2.28. The first kappa shape index (κ1) is 18.6. The Labute approximate surface area is 138 Å². The van der Waals surface area contributed by atoms with E-state index in [1.165, 1.54) is 12.1 Å². The number of nitrogens with zero attached hydrogens (tertiary/aromatic N) is 1. The number of halogens is 1. The monoisotopic (exact) mass is 341 g/mol. The van der Waals surface area contributed by atoms with Crippen LogP contribution in [0.1, 0.15) is 17.3 Å². The van der Waals surface area contributed by atoms with E-state index in [4.69, 9.17) is 16.3 Å². The normalized spacial score (nSPS) is 10.7. The van der Waals surface area contributed by atoms with E-state index < -0.39 is 23.8 Å². The molecular weight excluding hydrogens is 326 g/mol. The molecule has 0 amide bonds. The first-order chi connectivity index (χ1) is 11.0. The first-order valence-corrected chi connectivity index (χ1v) is 6.99. The maximum Gasteiger partial charge on any atom is 0.339 e. The van der Waals surface area contributed by atoms with Crippen LogP contribution in [0, 0.1) is 5.92 Å². The highest BCUT2D eigenvalue weighted by Gasteiger charge is 2.27. The van der Waals surface area contributed by atoms with Crippen LogP contribution < -0.4 is 0 Å². The van der Waals surface area contributed by atoms with Crippen molar-refractivity contribution in [3.63, 3.8) is 0 Å². The molecule has 0 heterocycles. The van der Waals surface area contributed by atoms with Crippen LogP contribution in [0.25, 0.3) is 0 Å². The van der Waals surface area contributed by atoms with Crippen molar-refractivity contribution in [3.8, 4) is 0 Å². The molecule has 0 aromatic heterocycles. The van der Waals surface area contributed by atoms with Gasteiger partial charge in [-0.2, -0.15) is 0 Å². The number of methoxy groups -OCH3 is 2. The zero-order chi connectivity index (χ0) is 17.4. The standard InChI is InChI=1S/C15H16ClNO6/c1-4-23-15(20)9-6-5-7-11(12(9)16)17-8-10(13(18)21-2)14(19)22-3/h5-8,10H,4H2,1-3H3. The SMILES string of the molecule is CCOC(=O)c1cccc(N=CC(C(=O)OC)C(=O)OC)c1Cl. The molecule has 1 rings (SSSR count). The smallest absolute Gasteiger partial charge is 0.339 e. The van der Waals surface area contributed by atoms with Gasteiger partial charge in [0.15, 0.2) is 5.92 Å². The molecule has 0 aliphatic carbocycles. The molecule has 0 aliphatic rings. The lowest BCUT2D eigenvalue weighted by Crippen LogP contribution is -2.27. The molecule has 7 nitrogen and oxygen atoms in total. The number of hydrogen-bond donors (Lipinski definition) is 0. The van der Waals surface area contributed by atoms with Gasteiger partial charge < -0.3 is 14.2 Å². The van der Waals surface area contributed by atoms with E-state index in [9.17, 15) is 14.4 Å². The van der Waals surface area contributed by atoms with Gasteiger partial charge in [-0.1, -0.05) is 17.7 Å². The van der Waals surface area contributed by atoms with Gasteiger partial charge in [0.25, 0.3) is 0 Å². The van der Waals surface area contributed by atoms with Gasteiger partial charge in [0, 0.05) is 6.21 Å². The minimum Gasteiger partial charge on any atom is -0.468 e. The molecule has 0 saturated carbocycles. The lowest BCUT2D eigenvalue weighted by molar-refractivity contribution is -0.154. The summed E-state index contributed by atoms with van der Waals surface area (Å²) in [6, 6.07) is 4.56. The van der Waals surface area contributed by atoms with Crippen LogP contribution in [0.4, 0.5) is 5.69 Å². The number of benzene rings is 1. The van der Waals surface area contributed by atoms with E-state index in [1.54, 1.807) is 13.0 Å². The number of aliphatic imine (C=N–C) groups is 1. The molecule has 0 fully saturated rings. The lowest BCUT2D eigenvalue weighted by Gasteiger charge is -2.08. The molecule has 0 spiro atoms. The molecule has 0 bridgehead atoms. The summed E-state index contributed by atoms with van der Waals surface area (Å²) < 4.78 is 13.9. The van der Waals surface area contributed by atoms with Crippen LogP contribution in [0.2, 0.25) is 5.02 Å². The van der Waals surface area contributed by atoms with Gasteiger partial charge in [-0.3, -0.25) is 14.6 Å². The highest BCUT2D eigenvalue weighted by molar-refractivity contribution is 6.36. The Balaban J connectivity index is 3.11. The molecule has 8 heteroatoms. The molecule has 1 aromatic rings. The Kier molecular flexibility index (Phi) is 7.21. The number of carbonyl (C=O) groups excluding carboxylic acids is 3. The van der Waals surface area contributed by atoms with E-state index >= 15 is 0 Å². The molecule has 124 valence electrons. The molecule has 0 N–H and O–H groups in total. The second-order valence-electron chi connectivity index (χ2n) is 4.16. The van der Waals surface area contributed by atoms with E-state index in [0.717, 1.165) is 20.4 Å². The van der Waals surface area contributed by atoms with Gasteiger partial charge in [0.05, 0.1) is 37.1 Å². The van der Waals surface area contributed by atoms with Gasteiger partial charge >= 0.3 is 17.9 Å². The van der Waals surface area contributed by atoms with Crippen molar-refractivity contribution < 1.29 is 28.6 Å². The van der Waals surface area contributed by atoms with Gasteiger partial charge in [-0.15, -0.1) is 0 Å². The quantitative estimate of drug-likeness (QED) is 0.341. The summed E-state index contributed by atoms with van der Waals surface area (Å²) in [6.07, 6.45) is 1.05. The Bertz CT molecular complexity index is 612. The van der Waals surface area contributed by atoms with Crippen LogP contribution in [0.5, 0.6) is 0 Å². The predicted molar refractivity (Wildman–Crippen MR) is 83.1 cm³/mol. The number of carbonyl (C=O) groups is 3. The van der Waals surface area contributed by atoms with Crippen molar-refractivity contribution in [2.45, 2.75) is 6.92 Å². The molecule has 0 aliphatic heterocycles. The van der Waals surface area contributed by atoms with Crippen molar-refractivity contribution in [2.75, 3.05) is 20.8 Å². The van der Waals surface area contributed by atoms with Crippen molar-refractivity contribution in [1.82, 2.24) is 0 Å². The summed E-state index contributed by atoms with van der Waals surface area (Å²) >= 11 is 6.10. The third-order valence-electron chi connectivity index (χ3n) is 2.75. The van der Waals surface area contributed by atoms with Gasteiger partial charge in [0.2, 0.25) is 0 Å². The van der Waals surface area contributed by atoms with Crippen molar-refractivity contribution in [3.05, 3.63) is 28.8 Å². The number of hydrogen-bond acceptors (Lipinski definition) is 7. The molecule has 0 unspecified atom stereocenters. The minimum atomic E-state index is -1.33. The third-order valence-corrected chi connectivity index (χ3v) is 3.14. The molecule has 1 aromatic carbocycles. The summed E-state index contributed by atoms with van der Waals surface area (Å²) in [5.41, 5.74) is 0.339. The average Bonchev–Trinajstić information content (AvgIpc) is 2.55. The molecule has 0 saturated heterocycles. The lowest BCUT2D eigenvalue weighted by atomic mass is 10.1. The van der Waals surface area contributed by atoms with Crippen molar-refractivity contribution in [2.24, 2.45) is 10.9 Å². The fraction of sp³-hybridized carbons (Fsp3) is 0.333. The Morgan fingerprint density at radius 2 is 1.83 bits per heavy atom. The zero-order valence-electron chi connectivity index (χ0n) is 12.9. The van der Waals surface area contributed by atoms with Crippen LogP contribution in [-0.2, 0) is 23.8 Å². The summed E-state index contributed by atoms with van der Waals surface area (Å²) in [4.78, 5) is 38.9. The van der Waals surface area contributed by atoms with E-state index in [0.29, 0.717) is 0 Å². The molecular formula is C15H16ClNO6. The molecule has 0 radical (unpaired) electrons. The third kappa shape index (κ3) is 4.79. The number of ether oxygens (including phenoxy) is 3. The Morgan fingerprint density at radius 3 is 2.35 bits per heavy atom. The fourth-order valence-electron chi connectivity index (χ4n) is 1.61. The maximum atomic E-state index is 11.8. The molecule has 23 heavy (non-hydrogen) atoms. The van der Waals surface area contributed by atoms with Gasteiger partial charge in [0.1, 0.15) is 0 Å². The second kappa shape index (κ2) is 8.89. The second-order valence-corrected chi connectivity index (χ2v) is 4.54. The summed E-state index contributed by atoms with van der Waals surface area (Å²) in [5.74, 6) is -3.56. The zero-order valence-corrected chi connectivity index (χ0v) is 13.6. The highest BCUT2D eigenvalue weighted by Crippen LogP contribution is 2.29. The van der Waals surface area contributed by atoms with Crippen LogP contribution >= 0.6 is 11.6 Å². The molecule has 0 atom stereocenters. The van der Waals surface area contributed by atoms with Crippen LogP contribution in [0.15, 0.2) is 23.2 Å². The fourth-order valence-corrected chi connectivity index (χ4v) is 1.86. The van der Waals surface area contributed by atoms with E-state index in [1.807, 2.05) is 0 Å². The van der Waals surface area contributed by atoms with Crippen LogP contribution in [-0.4, -0.2) is 44.9 Å².